The Morgan fingerprint density at radius 2 is 1.75 bits per heavy atom. The zero-order valence-electron chi connectivity index (χ0n) is 23.0. The summed E-state index contributed by atoms with van der Waals surface area (Å²) in [5, 5.41) is 1.69. The van der Waals surface area contributed by atoms with Gasteiger partial charge < -0.3 is 25.3 Å². The molecule has 3 N–H and O–H groups in total. The molecule has 0 spiro atoms. The van der Waals surface area contributed by atoms with Gasteiger partial charge in [0.2, 0.25) is 5.91 Å². The maximum absolute atomic E-state index is 14.0. The number of halogens is 1. The number of nitrogens with zero attached hydrogens (tertiary/aromatic N) is 3. The molecular weight excluding hydrogens is 526 g/mol. The first-order chi connectivity index (χ1) is 19.1. The summed E-state index contributed by atoms with van der Waals surface area (Å²) in [6.45, 7) is 8.08. The Morgan fingerprint density at radius 3 is 2.40 bits per heavy atom. The minimum absolute atomic E-state index is 0.0101. The Hall–Kier alpha value is -4.04. The number of nitrogens with two attached hydrogens (primary N) is 1. The van der Waals surface area contributed by atoms with Crippen LogP contribution < -0.4 is 10.6 Å². The largest absolute Gasteiger partial charge is 0.444 e. The minimum Gasteiger partial charge on any atom is -0.444 e. The first-order valence-electron chi connectivity index (χ1n) is 13.4. The molecule has 2 aromatic heterocycles. The SMILES string of the molecule is Cc1c[nH]c2ncc(-c3ccccc3)c(N3CCN(C(=O)C(CC(C)(C)OC(N)=O)c4ccc(Cl)cc4)CC3)c12. The fourth-order valence-electron chi connectivity index (χ4n) is 5.61. The molecule has 0 aliphatic carbocycles. The minimum atomic E-state index is -0.924. The van der Waals surface area contributed by atoms with E-state index in [4.69, 9.17) is 27.1 Å². The van der Waals surface area contributed by atoms with E-state index in [0.717, 1.165) is 39.0 Å². The Kier molecular flexibility index (Phi) is 7.72. The van der Waals surface area contributed by atoms with Gasteiger partial charge in [0, 0.05) is 61.0 Å². The van der Waals surface area contributed by atoms with Crippen molar-refractivity contribution in [3.8, 4) is 11.1 Å². The standard InChI is InChI=1S/C31H34ClN5O3/c1-20-18-34-28-26(20)27(25(19-35-28)21-7-5-4-6-8-21)36-13-15-37(16-14-36)29(38)24(17-31(2,3)40-30(33)39)22-9-11-23(32)12-10-22/h4-12,18-19,24H,13-17H2,1-3H3,(H2,33,39)(H,34,35). The summed E-state index contributed by atoms with van der Waals surface area (Å²) in [6, 6.07) is 17.5. The zero-order valence-corrected chi connectivity index (χ0v) is 23.7. The maximum atomic E-state index is 14.0. The van der Waals surface area contributed by atoms with E-state index < -0.39 is 17.6 Å². The number of anilines is 1. The third-order valence-corrected chi connectivity index (χ3v) is 7.76. The van der Waals surface area contributed by atoms with Crippen molar-refractivity contribution in [1.82, 2.24) is 14.9 Å². The van der Waals surface area contributed by atoms with Crippen LogP contribution in [-0.2, 0) is 9.53 Å². The zero-order chi connectivity index (χ0) is 28.4. The third kappa shape index (κ3) is 5.77. The molecule has 0 radical (unpaired) electrons. The molecule has 1 aliphatic heterocycles. The molecule has 0 saturated carbocycles. The second kappa shape index (κ2) is 11.2. The first-order valence-corrected chi connectivity index (χ1v) is 13.8. The predicted octanol–water partition coefficient (Wildman–Crippen LogP) is 5.89. The number of amides is 2. The number of fused-ring (bicyclic) bond motifs is 1. The Balaban J connectivity index is 1.41. The van der Waals surface area contributed by atoms with Gasteiger partial charge in [-0.15, -0.1) is 0 Å². The van der Waals surface area contributed by atoms with Crippen LogP contribution in [-0.4, -0.2) is 58.6 Å². The monoisotopic (exact) mass is 559 g/mol. The maximum Gasteiger partial charge on any atom is 0.405 e. The van der Waals surface area contributed by atoms with Gasteiger partial charge in [-0.3, -0.25) is 4.79 Å². The van der Waals surface area contributed by atoms with E-state index in [1.54, 1.807) is 26.0 Å². The normalized spacial score (nSPS) is 14.8. The number of aromatic nitrogens is 2. The number of H-pyrrole nitrogens is 1. The average molecular weight is 560 g/mol. The van der Waals surface area contributed by atoms with Gasteiger partial charge >= 0.3 is 6.09 Å². The lowest BCUT2D eigenvalue weighted by Gasteiger charge is -2.39. The lowest BCUT2D eigenvalue weighted by Crippen LogP contribution is -2.51. The molecule has 1 saturated heterocycles. The number of ether oxygens (including phenoxy) is 1. The molecule has 2 amide bonds. The second-order valence-corrected chi connectivity index (χ2v) is 11.3. The van der Waals surface area contributed by atoms with Gasteiger partial charge in [0.15, 0.2) is 0 Å². The van der Waals surface area contributed by atoms with Crippen molar-refractivity contribution in [2.24, 2.45) is 5.73 Å². The van der Waals surface area contributed by atoms with E-state index in [1.165, 1.54) is 0 Å². The van der Waals surface area contributed by atoms with Crippen LogP contribution in [0.25, 0.3) is 22.2 Å². The van der Waals surface area contributed by atoms with E-state index >= 15 is 0 Å². The number of benzene rings is 2. The van der Waals surface area contributed by atoms with Crippen molar-refractivity contribution in [3.05, 3.63) is 83.1 Å². The number of carbonyl (C=O) groups excluding carboxylic acids is 2. The summed E-state index contributed by atoms with van der Waals surface area (Å²) in [5.74, 6) is -0.526. The number of pyridine rings is 1. The van der Waals surface area contributed by atoms with Gasteiger partial charge in [0.05, 0.1) is 11.6 Å². The van der Waals surface area contributed by atoms with Crippen LogP contribution in [0.2, 0.25) is 5.02 Å². The average Bonchev–Trinajstić information content (AvgIpc) is 3.32. The van der Waals surface area contributed by atoms with Gasteiger partial charge in [-0.05, 0) is 49.6 Å². The van der Waals surface area contributed by atoms with Crippen LogP contribution in [0, 0.1) is 6.92 Å². The van der Waals surface area contributed by atoms with Crippen LogP contribution in [0.3, 0.4) is 0 Å². The third-order valence-electron chi connectivity index (χ3n) is 7.51. The van der Waals surface area contributed by atoms with Gasteiger partial charge in [-0.1, -0.05) is 54.1 Å². The Morgan fingerprint density at radius 1 is 1.07 bits per heavy atom. The number of rotatable bonds is 7. The van der Waals surface area contributed by atoms with Crippen LogP contribution in [0.15, 0.2) is 67.0 Å². The highest BCUT2D eigenvalue weighted by Crippen LogP contribution is 2.39. The summed E-state index contributed by atoms with van der Waals surface area (Å²) in [6.07, 6.45) is 3.35. The molecule has 4 aromatic rings. The van der Waals surface area contributed by atoms with Crippen LogP contribution >= 0.6 is 11.6 Å². The lowest BCUT2D eigenvalue weighted by atomic mass is 9.86. The van der Waals surface area contributed by atoms with Crippen LogP contribution in [0.4, 0.5) is 10.5 Å². The smallest absolute Gasteiger partial charge is 0.405 e. The molecule has 0 bridgehead atoms. The summed E-state index contributed by atoms with van der Waals surface area (Å²) < 4.78 is 5.35. The number of aromatic amines is 1. The highest BCUT2D eigenvalue weighted by Gasteiger charge is 2.35. The quantitative estimate of drug-likeness (QED) is 0.294. The Bertz CT molecular complexity index is 1510. The number of carbonyl (C=O) groups is 2. The van der Waals surface area contributed by atoms with Gasteiger partial charge in [0.25, 0.3) is 0 Å². The second-order valence-electron chi connectivity index (χ2n) is 10.9. The topological polar surface area (TPSA) is 105 Å². The van der Waals surface area contributed by atoms with E-state index in [2.05, 4.69) is 28.9 Å². The van der Waals surface area contributed by atoms with E-state index in [1.807, 2.05) is 47.6 Å². The summed E-state index contributed by atoms with van der Waals surface area (Å²) in [7, 11) is 0. The molecule has 3 heterocycles. The van der Waals surface area contributed by atoms with E-state index in [0.29, 0.717) is 37.6 Å². The fraction of sp³-hybridized carbons (Fsp3) is 0.323. The van der Waals surface area contributed by atoms with Gasteiger partial charge in [0.1, 0.15) is 11.2 Å². The first kappa shape index (κ1) is 27.5. The van der Waals surface area contributed by atoms with Crippen LogP contribution in [0.1, 0.15) is 37.3 Å². The van der Waals surface area contributed by atoms with Gasteiger partial charge in [-0.2, -0.15) is 0 Å². The predicted molar refractivity (Wildman–Crippen MR) is 159 cm³/mol. The van der Waals surface area contributed by atoms with Crippen molar-refractivity contribution in [3.63, 3.8) is 0 Å². The van der Waals surface area contributed by atoms with Crippen molar-refractivity contribution in [2.45, 2.75) is 38.7 Å². The molecule has 9 heteroatoms. The number of nitrogens with one attached hydrogen (secondary N) is 1. The Labute approximate surface area is 239 Å². The molecule has 8 nitrogen and oxygen atoms in total. The number of hydrogen-bond acceptors (Lipinski definition) is 5. The molecule has 1 unspecified atom stereocenters. The lowest BCUT2D eigenvalue weighted by molar-refractivity contribution is -0.134. The molecular formula is C31H34ClN5O3. The van der Waals surface area contributed by atoms with E-state index in [-0.39, 0.29) is 5.91 Å². The molecule has 2 aromatic carbocycles. The summed E-state index contributed by atoms with van der Waals surface area (Å²) in [4.78, 5) is 37.8. The molecule has 1 fully saturated rings. The number of primary amides is 1. The highest BCUT2D eigenvalue weighted by molar-refractivity contribution is 6.30. The highest BCUT2D eigenvalue weighted by atomic mass is 35.5. The van der Waals surface area contributed by atoms with Crippen molar-refractivity contribution in [2.75, 3.05) is 31.1 Å². The van der Waals surface area contributed by atoms with Crippen molar-refractivity contribution >= 4 is 40.3 Å². The van der Waals surface area contributed by atoms with E-state index in [9.17, 15) is 9.59 Å². The number of hydrogen-bond donors (Lipinski definition) is 2. The molecule has 208 valence electrons. The molecule has 1 aliphatic rings. The van der Waals surface area contributed by atoms with Crippen LogP contribution in [0.5, 0.6) is 0 Å². The summed E-state index contributed by atoms with van der Waals surface area (Å²) in [5.41, 5.74) is 10.5. The van der Waals surface area contributed by atoms with Crippen molar-refractivity contribution < 1.29 is 14.3 Å². The number of piperazine rings is 1. The number of aryl methyl sites for hydroxylation is 1. The molecule has 1 atom stereocenters. The fourth-order valence-corrected chi connectivity index (χ4v) is 5.74. The van der Waals surface area contributed by atoms with Gasteiger partial charge in [-0.25, -0.2) is 9.78 Å². The summed E-state index contributed by atoms with van der Waals surface area (Å²) >= 11 is 6.13. The molecule has 40 heavy (non-hydrogen) atoms. The van der Waals surface area contributed by atoms with Crippen molar-refractivity contribution in [1.29, 1.82) is 0 Å². The molecule has 5 rings (SSSR count).